The van der Waals surface area contributed by atoms with E-state index in [1.165, 1.54) is 6.42 Å². The summed E-state index contributed by atoms with van der Waals surface area (Å²) in [5.74, 6) is 0. The average molecular weight is 213 g/mol. The van der Waals surface area contributed by atoms with Gasteiger partial charge in [-0.3, -0.25) is 0 Å². The van der Waals surface area contributed by atoms with E-state index in [9.17, 15) is 0 Å². The molecule has 7 heavy (non-hydrogen) atoms. The lowest BCUT2D eigenvalue weighted by molar-refractivity contribution is 0.691. The van der Waals surface area contributed by atoms with Gasteiger partial charge in [0.15, 0.2) is 0 Å². The van der Waals surface area contributed by atoms with Crippen molar-refractivity contribution < 1.29 is 0 Å². The molecule has 0 amide bonds. The second kappa shape index (κ2) is 3.66. The Bertz CT molecular complexity index is 45.3. The van der Waals surface area contributed by atoms with Gasteiger partial charge in [-0.2, -0.15) is 0 Å². The fourth-order valence-electron chi connectivity index (χ4n) is 0.372. The molecule has 1 unspecified atom stereocenters. The number of hydrogen-bond acceptors (Lipinski definition) is 1. The fourth-order valence-corrected chi connectivity index (χ4v) is 0.372. The largest absolute Gasteiger partial charge is 0.327 e. The summed E-state index contributed by atoms with van der Waals surface area (Å²) in [4.78, 5) is 0. The molecule has 0 spiro atoms. The Morgan fingerprint density at radius 2 is 2.14 bits per heavy atom. The fraction of sp³-hybridized carbons (Fsp3) is 1.00. The lowest BCUT2D eigenvalue weighted by Gasteiger charge is -2.08. The third-order valence-electron chi connectivity index (χ3n) is 0.961. The zero-order valence-electron chi connectivity index (χ0n) is 4.82. The van der Waals surface area contributed by atoms with E-state index in [4.69, 9.17) is 5.73 Å². The molecule has 1 nitrogen and oxygen atoms in total. The monoisotopic (exact) mass is 213 g/mol. The van der Waals surface area contributed by atoms with E-state index < -0.39 is 0 Å². The van der Waals surface area contributed by atoms with Crippen LogP contribution in [-0.2, 0) is 0 Å². The molecule has 0 aromatic rings. The van der Waals surface area contributed by atoms with E-state index in [0.29, 0.717) is 9.97 Å². The van der Waals surface area contributed by atoms with Crippen LogP contribution < -0.4 is 5.73 Å². The molecule has 0 saturated heterocycles. The zero-order valence-corrected chi connectivity index (χ0v) is 6.97. The first kappa shape index (κ1) is 7.69. The van der Waals surface area contributed by atoms with Gasteiger partial charge < -0.3 is 5.73 Å². The van der Waals surface area contributed by atoms with E-state index in [-0.39, 0.29) is 0 Å². The van der Waals surface area contributed by atoms with Gasteiger partial charge in [-0.1, -0.05) is 29.5 Å². The van der Waals surface area contributed by atoms with Crippen LogP contribution in [0.1, 0.15) is 20.3 Å². The van der Waals surface area contributed by atoms with E-state index in [1.54, 1.807) is 0 Å². The molecule has 2 atom stereocenters. The third kappa shape index (κ3) is 3.29. The highest BCUT2D eigenvalue weighted by molar-refractivity contribution is 14.1. The molecule has 2 N–H and O–H groups in total. The Balaban J connectivity index is 3.14. The zero-order chi connectivity index (χ0) is 5.86. The van der Waals surface area contributed by atoms with E-state index in [1.807, 2.05) is 6.92 Å². The van der Waals surface area contributed by atoms with Gasteiger partial charge in [0.05, 0.1) is 0 Å². The predicted octanol–water partition coefficient (Wildman–Crippen LogP) is 1.55. The maximum Gasteiger partial charge on any atom is 0.0256 e. The van der Waals surface area contributed by atoms with Crippen molar-refractivity contribution in [3.63, 3.8) is 0 Å². The van der Waals surface area contributed by atoms with Gasteiger partial charge >= 0.3 is 0 Å². The minimum atomic E-state index is 0.352. The van der Waals surface area contributed by atoms with Crippen LogP contribution in [0.25, 0.3) is 0 Å². The molecule has 0 heterocycles. The van der Waals surface area contributed by atoms with Crippen molar-refractivity contribution in [2.24, 2.45) is 5.73 Å². The lowest BCUT2D eigenvalue weighted by atomic mass is 10.2. The summed E-state index contributed by atoms with van der Waals surface area (Å²) in [6.07, 6.45) is 1.18. The van der Waals surface area contributed by atoms with Crippen LogP contribution in [0, 0.1) is 0 Å². The van der Waals surface area contributed by atoms with Crippen molar-refractivity contribution in [1.82, 2.24) is 0 Å². The molecule has 0 bridgehead atoms. The van der Waals surface area contributed by atoms with Crippen LogP contribution in [0.3, 0.4) is 0 Å². The van der Waals surface area contributed by atoms with Crippen molar-refractivity contribution in [2.45, 2.75) is 30.2 Å². The minimum absolute atomic E-state index is 0.352. The molecule has 0 aliphatic rings. The van der Waals surface area contributed by atoms with Gasteiger partial charge in [-0.15, -0.1) is 0 Å². The number of alkyl halides is 1. The first-order valence-corrected chi connectivity index (χ1v) is 3.82. The maximum absolute atomic E-state index is 5.54. The summed E-state index contributed by atoms with van der Waals surface area (Å²) in [5, 5.41) is 0. The summed E-state index contributed by atoms with van der Waals surface area (Å²) in [6.45, 7) is 4.20. The van der Waals surface area contributed by atoms with E-state index >= 15 is 0 Å². The predicted molar refractivity (Wildman–Crippen MR) is 41.7 cm³/mol. The van der Waals surface area contributed by atoms with Crippen molar-refractivity contribution in [3.8, 4) is 0 Å². The standard InChI is InChI=1S/C5H12IN/c1-3-5(6)4(2)7/h4-5H,3,7H2,1-2H3/t4-,5?/m1/s1. The van der Waals surface area contributed by atoms with Crippen LogP contribution in [-0.4, -0.2) is 9.97 Å². The lowest BCUT2D eigenvalue weighted by Crippen LogP contribution is -2.25. The Kier molecular flexibility index (Phi) is 4.02. The number of nitrogens with two attached hydrogens (primary N) is 1. The van der Waals surface area contributed by atoms with Gasteiger partial charge in [0, 0.05) is 9.97 Å². The van der Waals surface area contributed by atoms with Crippen molar-refractivity contribution in [1.29, 1.82) is 0 Å². The van der Waals surface area contributed by atoms with Gasteiger partial charge in [0.25, 0.3) is 0 Å². The molecule has 0 aliphatic heterocycles. The molecule has 2 heteroatoms. The Hall–Kier alpha value is 0.690. The molecule has 0 aromatic carbocycles. The van der Waals surface area contributed by atoms with E-state index in [0.717, 1.165) is 0 Å². The summed E-state index contributed by atoms with van der Waals surface area (Å²) in [7, 11) is 0. The Labute approximate surface area is 58.8 Å². The van der Waals surface area contributed by atoms with E-state index in [2.05, 4.69) is 29.5 Å². The topological polar surface area (TPSA) is 26.0 Å². The van der Waals surface area contributed by atoms with Crippen LogP contribution in [0.2, 0.25) is 0 Å². The average Bonchev–Trinajstić information content (AvgIpc) is 1.65. The second-order valence-electron chi connectivity index (χ2n) is 1.78. The minimum Gasteiger partial charge on any atom is -0.327 e. The van der Waals surface area contributed by atoms with Gasteiger partial charge in [-0.25, -0.2) is 0 Å². The molecule has 0 saturated carbocycles. The number of halogens is 1. The van der Waals surface area contributed by atoms with Gasteiger partial charge in [-0.05, 0) is 13.3 Å². The number of hydrogen-bond donors (Lipinski definition) is 1. The van der Waals surface area contributed by atoms with Crippen LogP contribution in [0.5, 0.6) is 0 Å². The van der Waals surface area contributed by atoms with Gasteiger partial charge in [0.1, 0.15) is 0 Å². The van der Waals surface area contributed by atoms with Crippen LogP contribution in [0.15, 0.2) is 0 Å². The molecule has 0 radical (unpaired) electrons. The molecular weight excluding hydrogens is 201 g/mol. The molecule has 0 rings (SSSR count). The maximum atomic E-state index is 5.54. The Morgan fingerprint density at radius 1 is 1.71 bits per heavy atom. The van der Waals surface area contributed by atoms with Crippen LogP contribution in [0.4, 0.5) is 0 Å². The smallest absolute Gasteiger partial charge is 0.0256 e. The van der Waals surface area contributed by atoms with Crippen molar-refractivity contribution in [3.05, 3.63) is 0 Å². The highest BCUT2D eigenvalue weighted by atomic mass is 127. The summed E-state index contributed by atoms with van der Waals surface area (Å²) in [5.41, 5.74) is 5.54. The first-order chi connectivity index (χ1) is 3.18. The molecular formula is C5H12IN. The quantitative estimate of drug-likeness (QED) is 0.546. The molecule has 0 fully saturated rings. The highest BCUT2D eigenvalue weighted by Gasteiger charge is 2.03. The third-order valence-corrected chi connectivity index (χ3v) is 2.98. The SMILES string of the molecule is CCC(I)[C@@H](C)N. The molecule has 44 valence electrons. The first-order valence-electron chi connectivity index (χ1n) is 2.58. The highest BCUT2D eigenvalue weighted by Crippen LogP contribution is 2.07. The van der Waals surface area contributed by atoms with Gasteiger partial charge in [0.2, 0.25) is 0 Å². The second-order valence-corrected chi connectivity index (χ2v) is 3.38. The van der Waals surface area contributed by atoms with Crippen molar-refractivity contribution >= 4 is 22.6 Å². The summed E-state index contributed by atoms with van der Waals surface area (Å²) in [6, 6.07) is 0.352. The van der Waals surface area contributed by atoms with Crippen LogP contribution >= 0.6 is 22.6 Å². The number of rotatable bonds is 2. The summed E-state index contributed by atoms with van der Waals surface area (Å²) >= 11 is 2.37. The molecule has 0 aliphatic carbocycles. The van der Waals surface area contributed by atoms with Crippen molar-refractivity contribution in [2.75, 3.05) is 0 Å². The molecule has 0 aromatic heterocycles. The normalized spacial score (nSPS) is 18.9. The Morgan fingerprint density at radius 3 is 2.14 bits per heavy atom. The summed E-state index contributed by atoms with van der Waals surface area (Å²) < 4.78 is 0.651.